The first-order valence-corrected chi connectivity index (χ1v) is 7.84. The summed E-state index contributed by atoms with van der Waals surface area (Å²) in [6.07, 6.45) is 3.35. The molecule has 0 unspecified atom stereocenters. The van der Waals surface area contributed by atoms with Crippen LogP contribution in [0.4, 0.5) is 0 Å². The first kappa shape index (κ1) is 17.4. The van der Waals surface area contributed by atoms with Crippen molar-refractivity contribution in [2.75, 3.05) is 6.61 Å². The molecule has 0 heterocycles. The highest BCUT2D eigenvalue weighted by Gasteiger charge is 2.05. The Balaban J connectivity index is 1.83. The Kier molecular flexibility index (Phi) is 6.74. The highest BCUT2D eigenvalue weighted by atomic mass is 79.9. The molecule has 0 aliphatic heterocycles. The average Bonchev–Trinajstić information content (AvgIpc) is 2.61. The molecule has 24 heavy (non-hydrogen) atoms. The number of ether oxygens (including phenoxy) is 1. The van der Waals surface area contributed by atoms with Crippen molar-refractivity contribution in [2.24, 2.45) is 5.10 Å². The van der Waals surface area contributed by atoms with Crippen molar-refractivity contribution in [1.29, 1.82) is 5.26 Å². The van der Waals surface area contributed by atoms with E-state index in [9.17, 15) is 4.79 Å². The van der Waals surface area contributed by atoms with Gasteiger partial charge in [-0.3, -0.25) is 4.79 Å². The lowest BCUT2D eigenvalue weighted by Gasteiger charge is -2.06. The van der Waals surface area contributed by atoms with Gasteiger partial charge in [-0.2, -0.15) is 10.4 Å². The molecule has 120 valence electrons. The second-order valence-electron chi connectivity index (χ2n) is 4.63. The topological polar surface area (TPSA) is 74.5 Å². The van der Waals surface area contributed by atoms with Gasteiger partial charge in [0.25, 0.3) is 5.91 Å². The zero-order chi connectivity index (χ0) is 17.2. The standard InChI is InChI=1S/C18H14BrN3O2/c19-16(10-14-6-2-1-3-7-14)12-21-22-18(23)13-24-17-9-5-4-8-15(17)11-20/h1-10,12H,13H2,(H,22,23)/b16-10-,21-12?. The molecule has 0 radical (unpaired) electrons. The number of nitrogens with zero attached hydrogens (tertiary/aromatic N) is 2. The fourth-order valence-electron chi connectivity index (χ4n) is 1.77. The molecule has 0 saturated carbocycles. The minimum absolute atomic E-state index is 0.226. The maximum atomic E-state index is 11.7. The Hall–Kier alpha value is -2.91. The second kappa shape index (κ2) is 9.28. The minimum atomic E-state index is -0.418. The van der Waals surface area contributed by atoms with Crippen LogP contribution in [0.25, 0.3) is 6.08 Å². The molecule has 0 saturated heterocycles. The van der Waals surface area contributed by atoms with E-state index in [1.165, 1.54) is 6.21 Å². The second-order valence-corrected chi connectivity index (χ2v) is 5.55. The van der Waals surface area contributed by atoms with Gasteiger partial charge in [-0.25, -0.2) is 5.43 Å². The molecule has 0 aromatic heterocycles. The highest BCUT2D eigenvalue weighted by molar-refractivity contribution is 9.12. The van der Waals surface area contributed by atoms with E-state index in [4.69, 9.17) is 10.00 Å². The van der Waals surface area contributed by atoms with Gasteiger partial charge in [0.05, 0.1) is 11.8 Å². The number of carbonyl (C=O) groups excluding carboxylic acids is 1. The van der Waals surface area contributed by atoms with Crippen LogP contribution in [-0.4, -0.2) is 18.7 Å². The number of halogens is 1. The molecule has 1 N–H and O–H groups in total. The van der Waals surface area contributed by atoms with E-state index < -0.39 is 5.91 Å². The van der Waals surface area contributed by atoms with Gasteiger partial charge in [0.2, 0.25) is 0 Å². The van der Waals surface area contributed by atoms with Crippen LogP contribution in [0.3, 0.4) is 0 Å². The molecule has 0 aliphatic carbocycles. The molecule has 0 fully saturated rings. The monoisotopic (exact) mass is 383 g/mol. The smallest absolute Gasteiger partial charge is 0.277 e. The van der Waals surface area contributed by atoms with Crippen LogP contribution in [0.1, 0.15) is 11.1 Å². The van der Waals surface area contributed by atoms with E-state index in [1.807, 2.05) is 42.5 Å². The lowest BCUT2D eigenvalue weighted by molar-refractivity contribution is -0.123. The summed E-state index contributed by atoms with van der Waals surface area (Å²) in [6, 6.07) is 18.4. The number of carbonyl (C=O) groups is 1. The molecule has 0 spiro atoms. The maximum Gasteiger partial charge on any atom is 0.277 e. The lowest BCUT2D eigenvalue weighted by Crippen LogP contribution is -2.24. The zero-order valence-corrected chi connectivity index (χ0v) is 14.2. The number of hydrogen-bond acceptors (Lipinski definition) is 4. The fourth-order valence-corrected chi connectivity index (χ4v) is 2.14. The van der Waals surface area contributed by atoms with Crippen molar-refractivity contribution >= 4 is 34.1 Å². The van der Waals surface area contributed by atoms with Crippen molar-refractivity contribution in [3.05, 3.63) is 70.2 Å². The summed E-state index contributed by atoms with van der Waals surface area (Å²) in [5, 5.41) is 12.8. The summed E-state index contributed by atoms with van der Waals surface area (Å²) in [6.45, 7) is -0.226. The molecule has 0 atom stereocenters. The molecule has 2 aromatic carbocycles. The van der Waals surface area contributed by atoms with Crippen LogP contribution < -0.4 is 10.2 Å². The first-order valence-electron chi connectivity index (χ1n) is 7.05. The van der Waals surface area contributed by atoms with Gasteiger partial charge in [-0.05, 0) is 39.7 Å². The number of amides is 1. The van der Waals surface area contributed by atoms with Gasteiger partial charge < -0.3 is 4.74 Å². The Morgan fingerprint density at radius 2 is 1.92 bits per heavy atom. The van der Waals surface area contributed by atoms with E-state index in [1.54, 1.807) is 24.3 Å². The van der Waals surface area contributed by atoms with Gasteiger partial charge >= 0.3 is 0 Å². The highest BCUT2D eigenvalue weighted by Crippen LogP contribution is 2.16. The van der Waals surface area contributed by atoms with Gasteiger partial charge in [-0.1, -0.05) is 42.5 Å². The molecule has 5 nitrogen and oxygen atoms in total. The Morgan fingerprint density at radius 3 is 2.67 bits per heavy atom. The number of hydrazone groups is 1. The summed E-state index contributed by atoms with van der Waals surface area (Å²) >= 11 is 3.35. The summed E-state index contributed by atoms with van der Waals surface area (Å²) in [5.74, 6) is -0.0525. The third-order valence-corrected chi connectivity index (χ3v) is 3.28. The molecule has 2 aromatic rings. The average molecular weight is 384 g/mol. The van der Waals surface area contributed by atoms with Crippen molar-refractivity contribution < 1.29 is 9.53 Å². The van der Waals surface area contributed by atoms with E-state index in [-0.39, 0.29) is 6.61 Å². The van der Waals surface area contributed by atoms with Crippen molar-refractivity contribution in [1.82, 2.24) is 5.43 Å². The van der Waals surface area contributed by atoms with Gasteiger partial charge in [0.1, 0.15) is 11.8 Å². The normalized spacial score (nSPS) is 11.1. The van der Waals surface area contributed by atoms with Crippen LogP contribution in [0.15, 0.2) is 64.2 Å². The lowest BCUT2D eigenvalue weighted by atomic mass is 10.2. The van der Waals surface area contributed by atoms with Gasteiger partial charge in [0, 0.05) is 4.48 Å². The first-order chi connectivity index (χ1) is 11.7. The third kappa shape index (κ3) is 5.71. The number of rotatable bonds is 6. The predicted molar refractivity (Wildman–Crippen MR) is 96.6 cm³/mol. The summed E-state index contributed by atoms with van der Waals surface area (Å²) < 4.78 is 6.02. The van der Waals surface area contributed by atoms with Crippen LogP contribution >= 0.6 is 15.9 Å². The number of hydrogen-bond donors (Lipinski definition) is 1. The van der Waals surface area contributed by atoms with E-state index in [0.717, 1.165) is 5.56 Å². The van der Waals surface area contributed by atoms with Crippen LogP contribution in [0.2, 0.25) is 0 Å². The summed E-state index contributed by atoms with van der Waals surface area (Å²) in [5.41, 5.74) is 3.75. The van der Waals surface area contributed by atoms with Gasteiger partial charge in [0.15, 0.2) is 6.61 Å². The minimum Gasteiger partial charge on any atom is -0.482 e. The number of para-hydroxylation sites is 1. The molecule has 1 amide bonds. The molecule has 6 heteroatoms. The Bertz CT molecular complexity index is 795. The predicted octanol–water partition coefficient (Wildman–Crippen LogP) is 3.48. The molecular formula is C18H14BrN3O2. The largest absolute Gasteiger partial charge is 0.482 e. The van der Waals surface area contributed by atoms with Crippen LogP contribution in [0.5, 0.6) is 5.75 Å². The Morgan fingerprint density at radius 1 is 1.21 bits per heavy atom. The molecule has 2 rings (SSSR count). The van der Waals surface area contributed by atoms with Crippen LogP contribution in [0, 0.1) is 11.3 Å². The number of nitriles is 1. The third-order valence-electron chi connectivity index (χ3n) is 2.85. The summed E-state index contributed by atoms with van der Waals surface area (Å²) in [7, 11) is 0. The molecule has 0 aliphatic rings. The number of benzene rings is 2. The van der Waals surface area contributed by atoms with Crippen LogP contribution in [-0.2, 0) is 4.79 Å². The van der Waals surface area contributed by atoms with E-state index >= 15 is 0 Å². The SMILES string of the molecule is N#Cc1ccccc1OCC(=O)NN=C/C(Br)=C/c1ccccc1. The summed E-state index contributed by atoms with van der Waals surface area (Å²) in [4.78, 5) is 11.7. The quantitative estimate of drug-likeness (QED) is 0.612. The van der Waals surface area contributed by atoms with E-state index in [0.29, 0.717) is 15.8 Å². The van der Waals surface area contributed by atoms with Crippen molar-refractivity contribution in [2.45, 2.75) is 0 Å². The fraction of sp³-hybridized carbons (Fsp3) is 0.0556. The van der Waals surface area contributed by atoms with Crippen molar-refractivity contribution in [3.8, 4) is 11.8 Å². The maximum absolute atomic E-state index is 11.7. The van der Waals surface area contributed by atoms with Gasteiger partial charge in [-0.15, -0.1) is 0 Å². The van der Waals surface area contributed by atoms with Crippen molar-refractivity contribution in [3.63, 3.8) is 0 Å². The number of allylic oxidation sites excluding steroid dienone is 1. The zero-order valence-electron chi connectivity index (χ0n) is 12.6. The molecular weight excluding hydrogens is 370 g/mol. The van der Waals surface area contributed by atoms with E-state index in [2.05, 4.69) is 26.5 Å². The molecule has 0 bridgehead atoms. The Labute approximate surface area is 148 Å². The number of nitrogens with one attached hydrogen (secondary N) is 1.